The molecule has 5 nitrogen and oxygen atoms in total. The van der Waals surface area contributed by atoms with Crippen LogP contribution in [0.4, 0.5) is 0 Å². The van der Waals surface area contributed by atoms with Crippen molar-refractivity contribution in [3.05, 3.63) is 57.9 Å². The molecule has 0 aliphatic carbocycles. The number of benzene rings is 2. The lowest BCUT2D eigenvalue weighted by Gasteiger charge is -2.06. The molecule has 1 amide bonds. The van der Waals surface area contributed by atoms with Gasteiger partial charge in [-0.3, -0.25) is 4.79 Å². The lowest BCUT2D eigenvalue weighted by atomic mass is 10.2. The number of ether oxygens (including phenoxy) is 2. The zero-order valence-electron chi connectivity index (χ0n) is 15.3. The normalized spacial score (nSPS) is 11.9. The maximum absolute atomic E-state index is 12.6. The van der Waals surface area contributed by atoms with Gasteiger partial charge in [-0.05, 0) is 50.2 Å². The molecule has 0 N–H and O–H groups in total. The Balaban J connectivity index is 2.05. The highest BCUT2D eigenvalue weighted by Crippen LogP contribution is 2.23. The Morgan fingerprint density at radius 3 is 2.78 bits per heavy atom. The van der Waals surface area contributed by atoms with Crippen molar-refractivity contribution < 1.29 is 14.3 Å². The molecule has 0 saturated carbocycles. The van der Waals surface area contributed by atoms with Gasteiger partial charge in [0.2, 0.25) is 0 Å². The molecule has 3 aromatic rings. The molecule has 2 aromatic carbocycles. The molecule has 7 heteroatoms. The Labute approximate surface area is 166 Å². The highest BCUT2D eigenvalue weighted by atomic mass is 35.5. The van der Waals surface area contributed by atoms with Gasteiger partial charge < -0.3 is 14.0 Å². The van der Waals surface area contributed by atoms with E-state index in [-0.39, 0.29) is 5.91 Å². The van der Waals surface area contributed by atoms with Crippen LogP contribution >= 0.6 is 22.9 Å². The number of halogens is 1. The van der Waals surface area contributed by atoms with Gasteiger partial charge in [0.1, 0.15) is 5.75 Å². The summed E-state index contributed by atoms with van der Waals surface area (Å²) in [4.78, 5) is 17.6. The van der Waals surface area contributed by atoms with E-state index in [0.717, 1.165) is 16.0 Å². The zero-order valence-corrected chi connectivity index (χ0v) is 16.8. The van der Waals surface area contributed by atoms with Crippen LogP contribution in [0.1, 0.15) is 24.2 Å². The summed E-state index contributed by atoms with van der Waals surface area (Å²) in [5, 5.41) is 0.512. The Morgan fingerprint density at radius 1 is 1.19 bits per heavy atom. The molecule has 0 aliphatic heterocycles. The van der Waals surface area contributed by atoms with E-state index in [4.69, 9.17) is 21.1 Å². The predicted octanol–water partition coefficient (Wildman–Crippen LogP) is 4.53. The molecular formula is C20H21ClN2O3S. The molecule has 0 aliphatic rings. The van der Waals surface area contributed by atoms with E-state index in [2.05, 4.69) is 4.99 Å². The number of rotatable bonds is 7. The quantitative estimate of drug-likeness (QED) is 0.543. The topological polar surface area (TPSA) is 52.8 Å². The number of hydrogen-bond donors (Lipinski definition) is 0. The van der Waals surface area contributed by atoms with E-state index in [1.807, 2.05) is 36.6 Å². The van der Waals surface area contributed by atoms with Crippen LogP contribution in [0.15, 0.2) is 47.5 Å². The highest BCUT2D eigenvalue weighted by molar-refractivity contribution is 7.16. The van der Waals surface area contributed by atoms with Crippen LogP contribution in [0.2, 0.25) is 5.02 Å². The molecular weight excluding hydrogens is 384 g/mol. The van der Waals surface area contributed by atoms with Crippen LogP contribution in [0.3, 0.4) is 0 Å². The van der Waals surface area contributed by atoms with Crippen LogP contribution in [0.5, 0.6) is 5.75 Å². The molecule has 0 bridgehead atoms. The molecule has 0 unspecified atom stereocenters. The lowest BCUT2D eigenvalue weighted by molar-refractivity contribution is 0.0996. The van der Waals surface area contributed by atoms with Crippen molar-refractivity contribution in [3.8, 4) is 5.75 Å². The Hall–Kier alpha value is -2.15. The van der Waals surface area contributed by atoms with E-state index < -0.39 is 0 Å². The molecule has 0 spiro atoms. The number of carbonyl (C=O) groups excluding carboxylic acids is 1. The molecule has 1 heterocycles. The summed E-state index contributed by atoms with van der Waals surface area (Å²) in [6, 6.07) is 12.7. The lowest BCUT2D eigenvalue weighted by Crippen LogP contribution is -2.19. The maximum Gasteiger partial charge on any atom is 0.279 e. The minimum atomic E-state index is -0.320. The fourth-order valence-corrected chi connectivity index (χ4v) is 3.96. The van der Waals surface area contributed by atoms with Gasteiger partial charge in [0.05, 0.1) is 23.4 Å². The minimum Gasteiger partial charge on any atom is -0.494 e. The summed E-state index contributed by atoms with van der Waals surface area (Å²) >= 11 is 7.45. The highest BCUT2D eigenvalue weighted by Gasteiger charge is 2.11. The fourth-order valence-electron chi connectivity index (χ4n) is 2.68. The van der Waals surface area contributed by atoms with Crippen molar-refractivity contribution in [1.82, 2.24) is 4.57 Å². The van der Waals surface area contributed by atoms with Crippen molar-refractivity contribution in [2.24, 2.45) is 4.99 Å². The summed E-state index contributed by atoms with van der Waals surface area (Å²) < 4.78 is 14.1. The van der Waals surface area contributed by atoms with E-state index in [0.29, 0.717) is 41.8 Å². The van der Waals surface area contributed by atoms with Crippen molar-refractivity contribution >= 4 is 39.1 Å². The third kappa shape index (κ3) is 4.77. The maximum atomic E-state index is 12.6. The Morgan fingerprint density at radius 2 is 2.04 bits per heavy atom. The third-order valence-corrected chi connectivity index (χ3v) is 5.17. The number of nitrogens with zero attached hydrogens (tertiary/aromatic N) is 2. The molecule has 0 saturated heterocycles. The molecule has 0 radical (unpaired) electrons. The number of amides is 1. The standard InChI is InChI=1S/C20H21ClN2O3S/c1-3-25-11-10-23-17-9-8-16(26-4-2)13-18(17)27-20(23)22-19(24)14-6-5-7-15(21)12-14/h5-9,12-13H,3-4,10-11H2,1-2H3. The second-order valence-electron chi connectivity index (χ2n) is 5.72. The first-order valence-electron chi connectivity index (χ1n) is 8.81. The summed E-state index contributed by atoms with van der Waals surface area (Å²) in [6.45, 7) is 6.32. The van der Waals surface area contributed by atoms with Crippen LogP contribution in [0, 0.1) is 0 Å². The van der Waals surface area contributed by atoms with E-state index in [1.54, 1.807) is 24.3 Å². The van der Waals surface area contributed by atoms with Gasteiger partial charge in [0.15, 0.2) is 4.80 Å². The van der Waals surface area contributed by atoms with E-state index in [9.17, 15) is 4.79 Å². The van der Waals surface area contributed by atoms with Gasteiger partial charge in [-0.2, -0.15) is 4.99 Å². The zero-order chi connectivity index (χ0) is 19.2. The average molecular weight is 405 g/mol. The van der Waals surface area contributed by atoms with Gasteiger partial charge in [-0.1, -0.05) is 29.0 Å². The van der Waals surface area contributed by atoms with Crippen molar-refractivity contribution in [1.29, 1.82) is 0 Å². The molecule has 1 aromatic heterocycles. The first-order valence-corrected chi connectivity index (χ1v) is 10.0. The Bertz CT molecular complexity index is 1010. The summed E-state index contributed by atoms with van der Waals surface area (Å²) in [6.07, 6.45) is 0. The van der Waals surface area contributed by atoms with Gasteiger partial charge in [-0.15, -0.1) is 0 Å². The monoisotopic (exact) mass is 404 g/mol. The Kier molecular flexibility index (Phi) is 6.66. The van der Waals surface area contributed by atoms with E-state index in [1.165, 1.54) is 11.3 Å². The smallest absolute Gasteiger partial charge is 0.279 e. The first-order chi connectivity index (χ1) is 13.1. The van der Waals surface area contributed by atoms with Gasteiger partial charge in [0.25, 0.3) is 5.91 Å². The average Bonchev–Trinajstić information content (AvgIpc) is 2.99. The number of thiazole rings is 1. The molecule has 0 fully saturated rings. The second-order valence-corrected chi connectivity index (χ2v) is 7.17. The van der Waals surface area contributed by atoms with Gasteiger partial charge in [-0.25, -0.2) is 0 Å². The van der Waals surface area contributed by atoms with Crippen LogP contribution < -0.4 is 9.54 Å². The summed E-state index contributed by atoms with van der Waals surface area (Å²) in [7, 11) is 0. The van der Waals surface area contributed by atoms with Crippen LogP contribution in [-0.2, 0) is 11.3 Å². The largest absolute Gasteiger partial charge is 0.494 e. The van der Waals surface area contributed by atoms with E-state index >= 15 is 0 Å². The van der Waals surface area contributed by atoms with Gasteiger partial charge >= 0.3 is 0 Å². The second kappa shape index (κ2) is 9.17. The van der Waals surface area contributed by atoms with Crippen molar-refractivity contribution in [2.45, 2.75) is 20.4 Å². The van der Waals surface area contributed by atoms with Crippen LogP contribution in [0.25, 0.3) is 10.2 Å². The van der Waals surface area contributed by atoms with Gasteiger partial charge in [0, 0.05) is 23.7 Å². The fraction of sp³-hybridized carbons (Fsp3) is 0.300. The third-order valence-electron chi connectivity index (χ3n) is 3.90. The number of carbonyl (C=O) groups is 1. The molecule has 142 valence electrons. The van der Waals surface area contributed by atoms with Crippen molar-refractivity contribution in [2.75, 3.05) is 19.8 Å². The number of hydrogen-bond acceptors (Lipinski definition) is 4. The first kappa shape index (κ1) is 19.6. The predicted molar refractivity (Wildman–Crippen MR) is 109 cm³/mol. The number of aromatic nitrogens is 1. The summed E-state index contributed by atoms with van der Waals surface area (Å²) in [5.41, 5.74) is 1.46. The SMILES string of the molecule is CCOCCn1c(=NC(=O)c2cccc(Cl)c2)sc2cc(OCC)ccc21. The number of fused-ring (bicyclic) bond motifs is 1. The molecule has 3 rings (SSSR count). The molecule has 27 heavy (non-hydrogen) atoms. The minimum absolute atomic E-state index is 0.320. The summed E-state index contributed by atoms with van der Waals surface area (Å²) in [5.74, 6) is 0.482. The molecule has 0 atom stereocenters. The van der Waals surface area contributed by atoms with Crippen LogP contribution in [-0.4, -0.2) is 30.3 Å². The van der Waals surface area contributed by atoms with Crippen molar-refractivity contribution in [3.63, 3.8) is 0 Å².